The van der Waals surface area contributed by atoms with Crippen LogP contribution in [0.5, 0.6) is 0 Å². The molecule has 1 atom stereocenters. The van der Waals surface area contributed by atoms with Crippen molar-refractivity contribution in [2.45, 2.75) is 31.9 Å². The van der Waals surface area contributed by atoms with Gasteiger partial charge in [-0.15, -0.1) is 0 Å². The lowest BCUT2D eigenvalue weighted by Gasteiger charge is -2.21. The molecule has 1 unspecified atom stereocenters. The molecule has 1 aromatic rings. The van der Waals surface area contributed by atoms with Gasteiger partial charge in [0, 0.05) is 32.4 Å². The Morgan fingerprint density at radius 3 is 2.79 bits per heavy atom. The Hall–Kier alpha value is -0.900. The molecule has 0 fully saturated rings. The molecule has 0 bridgehead atoms. The van der Waals surface area contributed by atoms with Gasteiger partial charge in [-0.3, -0.25) is 0 Å². The third-order valence-corrected chi connectivity index (χ3v) is 2.72. The van der Waals surface area contributed by atoms with E-state index < -0.39 is 5.67 Å². The number of aromatic nitrogens is 2. The Bertz CT molecular complexity index is 279. The quantitative estimate of drug-likeness (QED) is 0.779. The van der Waals surface area contributed by atoms with E-state index in [-0.39, 0.29) is 6.54 Å². The number of hydrogen-bond acceptors (Lipinski definition) is 2. The highest BCUT2D eigenvalue weighted by atomic mass is 19.1. The molecule has 1 heterocycles. The van der Waals surface area contributed by atoms with Crippen LogP contribution in [0.2, 0.25) is 0 Å². The first-order valence-corrected chi connectivity index (χ1v) is 4.96. The van der Waals surface area contributed by atoms with Crippen LogP contribution in [0.25, 0.3) is 0 Å². The molecule has 2 N–H and O–H groups in total. The smallest absolute Gasteiger partial charge is 0.123 e. The van der Waals surface area contributed by atoms with Crippen molar-refractivity contribution < 1.29 is 4.39 Å². The summed E-state index contributed by atoms with van der Waals surface area (Å²) in [6.07, 6.45) is 5.15. The van der Waals surface area contributed by atoms with Gasteiger partial charge in [-0.05, 0) is 12.8 Å². The molecule has 14 heavy (non-hydrogen) atoms. The van der Waals surface area contributed by atoms with Gasteiger partial charge in [-0.25, -0.2) is 9.37 Å². The average molecular weight is 199 g/mol. The summed E-state index contributed by atoms with van der Waals surface area (Å²) in [5, 5.41) is 0. The fraction of sp³-hybridized carbons (Fsp3) is 0.700. The summed E-state index contributed by atoms with van der Waals surface area (Å²) in [4.78, 5) is 4.14. The second-order valence-electron chi connectivity index (χ2n) is 3.66. The molecule has 0 amide bonds. The van der Waals surface area contributed by atoms with E-state index >= 15 is 0 Å². The Morgan fingerprint density at radius 2 is 2.36 bits per heavy atom. The van der Waals surface area contributed by atoms with Gasteiger partial charge in [0.1, 0.15) is 11.5 Å². The van der Waals surface area contributed by atoms with Gasteiger partial charge in [0.05, 0.1) is 0 Å². The van der Waals surface area contributed by atoms with Gasteiger partial charge < -0.3 is 10.3 Å². The summed E-state index contributed by atoms with van der Waals surface area (Å²) >= 11 is 0. The van der Waals surface area contributed by atoms with E-state index in [1.165, 1.54) is 0 Å². The van der Waals surface area contributed by atoms with Gasteiger partial charge in [-0.2, -0.15) is 0 Å². The molecule has 0 saturated carbocycles. The highest BCUT2D eigenvalue weighted by molar-refractivity contribution is 4.93. The van der Waals surface area contributed by atoms with Crippen LogP contribution in [-0.2, 0) is 13.5 Å². The van der Waals surface area contributed by atoms with Gasteiger partial charge in [0.25, 0.3) is 0 Å². The first-order chi connectivity index (χ1) is 6.61. The summed E-state index contributed by atoms with van der Waals surface area (Å²) in [6, 6.07) is 0. The number of imidazole rings is 1. The number of halogens is 1. The van der Waals surface area contributed by atoms with Crippen molar-refractivity contribution in [1.82, 2.24) is 9.55 Å². The van der Waals surface area contributed by atoms with Crippen LogP contribution in [0.4, 0.5) is 4.39 Å². The molecule has 0 saturated heterocycles. The molecule has 0 radical (unpaired) electrons. The Morgan fingerprint density at radius 1 is 1.64 bits per heavy atom. The van der Waals surface area contributed by atoms with Crippen LogP contribution in [0.3, 0.4) is 0 Å². The molecular formula is C10H18FN3. The van der Waals surface area contributed by atoms with E-state index in [9.17, 15) is 4.39 Å². The number of hydrogen-bond donors (Lipinski definition) is 1. The number of rotatable bonds is 5. The maximum atomic E-state index is 13.8. The minimum absolute atomic E-state index is 0.0912. The first-order valence-electron chi connectivity index (χ1n) is 4.96. The topological polar surface area (TPSA) is 43.8 Å². The van der Waals surface area contributed by atoms with E-state index in [2.05, 4.69) is 4.98 Å². The van der Waals surface area contributed by atoms with E-state index in [1.54, 1.807) is 6.20 Å². The molecule has 1 rings (SSSR count). The van der Waals surface area contributed by atoms with Crippen molar-refractivity contribution in [3.05, 3.63) is 18.2 Å². The minimum Gasteiger partial charge on any atom is -0.338 e. The van der Waals surface area contributed by atoms with E-state index in [0.29, 0.717) is 19.3 Å². The van der Waals surface area contributed by atoms with Gasteiger partial charge in [0.2, 0.25) is 0 Å². The normalized spacial score (nSPS) is 15.4. The van der Waals surface area contributed by atoms with Crippen LogP contribution in [0.15, 0.2) is 12.4 Å². The zero-order chi connectivity index (χ0) is 10.6. The summed E-state index contributed by atoms with van der Waals surface area (Å²) in [5.41, 5.74) is 4.16. The van der Waals surface area contributed by atoms with Gasteiger partial charge in [0.15, 0.2) is 0 Å². The third-order valence-electron chi connectivity index (χ3n) is 2.72. The first kappa shape index (κ1) is 11.2. The van der Waals surface area contributed by atoms with Crippen molar-refractivity contribution in [1.29, 1.82) is 0 Å². The molecule has 0 aliphatic heterocycles. The van der Waals surface area contributed by atoms with Crippen LogP contribution >= 0.6 is 0 Å². The zero-order valence-corrected chi connectivity index (χ0v) is 8.83. The van der Waals surface area contributed by atoms with Gasteiger partial charge >= 0.3 is 0 Å². The van der Waals surface area contributed by atoms with Crippen molar-refractivity contribution in [2.75, 3.05) is 6.54 Å². The molecular weight excluding hydrogens is 181 g/mol. The summed E-state index contributed by atoms with van der Waals surface area (Å²) in [6.45, 7) is 1.92. The molecule has 0 aromatic carbocycles. The third kappa shape index (κ3) is 2.54. The Kier molecular flexibility index (Phi) is 3.63. The second-order valence-corrected chi connectivity index (χ2v) is 3.66. The maximum absolute atomic E-state index is 13.8. The largest absolute Gasteiger partial charge is 0.338 e. The van der Waals surface area contributed by atoms with Crippen molar-refractivity contribution in [3.63, 3.8) is 0 Å². The highest BCUT2D eigenvalue weighted by Gasteiger charge is 2.25. The fourth-order valence-electron chi connectivity index (χ4n) is 1.40. The number of nitrogens with zero attached hydrogens (tertiary/aromatic N) is 2. The van der Waals surface area contributed by atoms with Crippen LogP contribution in [0.1, 0.15) is 25.6 Å². The summed E-state index contributed by atoms with van der Waals surface area (Å²) in [5.74, 6) is 0.911. The standard InChI is InChI=1S/C10H18FN3/c1-3-10(11,8-12)5-4-9-13-6-7-14(9)2/h6-7H,3-5,8,12H2,1-2H3. The summed E-state index contributed by atoms with van der Waals surface area (Å²) < 4.78 is 15.7. The van der Waals surface area contributed by atoms with E-state index in [0.717, 1.165) is 5.82 Å². The fourth-order valence-corrected chi connectivity index (χ4v) is 1.40. The zero-order valence-electron chi connectivity index (χ0n) is 8.83. The maximum Gasteiger partial charge on any atom is 0.123 e. The van der Waals surface area contributed by atoms with Crippen molar-refractivity contribution in [2.24, 2.45) is 12.8 Å². The number of aryl methyl sites for hydroxylation is 2. The van der Waals surface area contributed by atoms with Crippen molar-refractivity contribution >= 4 is 0 Å². The molecule has 0 aliphatic rings. The number of alkyl halides is 1. The molecule has 1 aromatic heterocycles. The summed E-state index contributed by atoms with van der Waals surface area (Å²) in [7, 11) is 1.91. The molecule has 0 spiro atoms. The lowest BCUT2D eigenvalue weighted by Crippen LogP contribution is -2.33. The SMILES string of the molecule is CCC(F)(CN)CCc1nccn1C. The Labute approximate surface area is 84.1 Å². The lowest BCUT2D eigenvalue weighted by molar-refractivity contribution is 0.153. The lowest BCUT2D eigenvalue weighted by atomic mass is 9.97. The average Bonchev–Trinajstić information content (AvgIpc) is 2.61. The van der Waals surface area contributed by atoms with Crippen LogP contribution in [0, 0.1) is 0 Å². The molecule has 4 heteroatoms. The van der Waals surface area contributed by atoms with E-state index in [1.807, 2.05) is 24.7 Å². The van der Waals surface area contributed by atoms with Gasteiger partial charge in [-0.1, -0.05) is 6.92 Å². The second kappa shape index (κ2) is 4.55. The van der Waals surface area contributed by atoms with E-state index in [4.69, 9.17) is 5.73 Å². The monoisotopic (exact) mass is 199 g/mol. The highest BCUT2D eigenvalue weighted by Crippen LogP contribution is 2.20. The Balaban J connectivity index is 2.52. The molecule has 0 aliphatic carbocycles. The minimum atomic E-state index is -1.23. The molecule has 3 nitrogen and oxygen atoms in total. The van der Waals surface area contributed by atoms with Crippen LogP contribution in [-0.4, -0.2) is 21.8 Å². The van der Waals surface area contributed by atoms with Crippen molar-refractivity contribution in [3.8, 4) is 0 Å². The van der Waals surface area contributed by atoms with Crippen LogP contribution < -0.4 is 5.73 Å². The predicted molar refractivity (Wildman–Crippen MR) is 54.7 cm³/mol. The molecule has 80 valence electrons. The number of nitrogens with two attached hydrogens (primary N) is 1. The predicted octanol–water partition coefficient (Wildman–Crippen LogP) is 1.43.